The highest BCUT2D eigenvalue weighted by Gasteiger charge is 2.30. The van der Waals surface area contributed by atoms with Gasteiger partial charge in [-0.2, -0.15) is 0 Å². The van der Waals surface area contributed by atoms with Crippen LogP contribution in [0.2, 0.25) is 0 Å². The van der Waals surface area contributed by atoms with E-state index >= 15 is 0 Å². The van der Waals surface area contributed by atoms with Crippen LogP contribution in [0.1, 0.15) is 30.0 Å². The molecule has 1 aliphatic carbocycles. The average Bonchev–Trinajstić information content (AvgIpc) is 2.69. The number of nitrogens with zero attached hydrogens (tertiary/aromatic N) is 3. The fraction of sp³-hybridized carbons (Fsp3) is 0.381. The van der Waals surface area contributed by atoms with Gasteiger partial charge in [-0.1, -0.05) is 12.1 Å². The number of hydrogen-bond acceptors (Lipinski definition) is 5. The van der Waals surface area contributed by atoms with Crippen LogP contribution in [0.5, 0.6) is 0 Å². The summed E-state index contributed by atoms with van der Waals surface area (Å²) in [5, 5.41) is 3.61. The summed E-state index contributed by atoms with van der Waals surface area (Å²) in [6.45, 7) is 3.97. The molecule has 7 N–H and O–H groups in total. The van der Waals surface area contributed by atoms with Gasteiger partial charge in [-0.05, 0) is 55.2 Å². The first-order chi connectivity index (χ1) is 12.8. The number of hydrogen-bond donors (Lipinski definition) is 2. The summed E-state index contributed by atoms with van der Waals surface area (Å²) in [7, 11) is 0. The van der Waals surface area contributed by atoms with Crippen LogP contribution in [0.4, 0.5) is 17.1 Å². The van der Waals surface area contributed by atoms with Crippen LogP contribution in [-0.2, 0) is 6.42 Å². The van der Waals surface area contributed by atoms with Crippen LogP contribution in [0.15, 0.2) is 47.5 Å². The van der Waals surface area contributed by atoms with Gasteiger partial charge in [-0.15, -0.1) is 0 Å². The van der Waals surface area contributed by atoms with Gasteiger partial charge in [0.05, 0.1) is 6.04 Å². The van der Waals surface area contributed by atoms with Crippen molar-refractivity contribution < 1.29 is 11.0 Å². The number of aryl methyl sites for hydroxylation is 1. The van der Waals surface area contributed by atoms with E-state index < -0.39 is 0 Å². The molecule has 1 fully saturated rings. The van der Waals surface area contributed by atoms with Gasteiger partial charge in [0.1, 0.15) is 0 Å². The van der Waals surface area contributed by atoms with Crippen molar-refractivity contribution in [3.63, 3.8) is 0 Å². The lowest BCUT2D eigenvalue weighted by Gasteiger charge is -2.40. The summed E-state index contributed by atoms with van der Waals surface area (Å²) in [4.78, 5) is 9.91. The number of benzene rings is 2. The summed E-state index contributed by atoms with van der Waals surface area (Å²) >= 11 is 0. The van der Waals surface area contributed by atoms with Crippen LogP contribution in [-0.4, -0.2) is 48.0 Å². The molecule has 0 spiro atoms. The van der Waals surface area contributed by atoms with E-state index in [1.165, 1.54) is 41.8 Å². The van der Waals surface area contributed by atoms with Crippen LogP contribution in [0.25, 0.3) is 0 Å². The molecule has 0 bridgehead atoms. The number of nitrogen functional groups attached to an aromatic ring is 1. The minimum atomic E-state index is 0. The fourth-order valence-electron chi connectivity index (χ4n) is 4.42. The molecule has 28 heavy (non-hydrogen) atoms. The highest BCUT2D eigenvalue weighted by Crippen LogP contribution is 2.40. The Labute approximate surface area is 165 Å². The molecule has 7 nitrogen and oxygen atoms in total. The quantitative estimate of drug-likeness (QED) is 0.727. The van der Waals surface area contributed by atoms with Crippen LogP contribution in [0, 0.1) is 0 Å². The summed E-state index contributed by atoms with van der Waals surface area (Å²) in [5.41, 5.74) is 12.0. The molecule has 0 radical (unpaired) electrons. The molecule has 5 rings (SSSR count). The SMILES string of the molecule is Nc1ccc(N2CCN(C3=NC4CCCc5cccc(c54)N3)CC2)cc1.O.O. The smallest absolute Gasteiger partial charge is 0.199 e. The molecule has 1 atom stereocenters. The van der Waals surface area contributed by atoms with E-state index in [0.29, 0.717) is 6.04 Å². The van der Waals surface area contributed by atoms with E-state index in [4.69, 9.17) is 10.7 Å². The maximum absolute atomic E-state index is 5.81. The number of aliphatic imine (C=N–C) groups is 1. The van der Waals surface area contributed by atoms with Gasteiger partial charge < -0.3 is 31.8 Å². The molecule has 1 saturated heterocycles. The van der Waals surface area contributed by atoms with Crippen molar-refractivity contribution in [2.45, 2.75) is 25.3 Å². The monoisotopic (exact) mass is 383 g/mol. The highest BCUT2D eigenvalue weighted by molar-refractivity contribution is 5.96. The third kappa shape index (κ3) is 3.50. The first-order valence-electron chi connectivity index (χ1n) is 9.60. The van der Waals surface area contributed by atoms with Crippen molar-refractivity contribution in [3.8, 4) is 0 Å². The largest absolute Gasteiger partial charge is 0.412 e. The molecule has 0 amide bonds. The zero-order valence-corrected chi connectivity index (χ0v) is 16.0. The minimum absolute atomic E-state index is 0. The molecule has 1 unspecified atom stereocenters. The molecule has 2 aromatic rings. The van der Waals surface area contributed by atoms with Crippen LogP contribution < -0.4 is 16.0 Å². The lowest BCUT2D eigenvalue weighted by atomic mass is 9.86. The van der Waals surface area contributed by atoms with Gasteiger partial charge in [0.2, 0.25) is 0 Å². The van der Waals surface area contributed by atoms with Gasteiger partial charge in [0.25, 0.3) is 0 Å². The van der Waals surface area contributed by atoms with Gasteiger partial charge in [0, 0.05) is 48.8 Å². The zero-order valence-electron chi connectivity index (χ0n) is 16.0. The zero-order chi connectivity index (χ0) is 17.5. The molecule has 0 saturated carbocycles. The fourth-order valence-corrected chi connectivity index (χ4v) is 4.42. The molecule has 7 heteroatoms. The van der Waals surface area contributed by atoms with E-state index in [1.807, 2.05) is 12.1 Å². The Morgan fingerprint density at radius 3 is 2.39 bits per heavy atom. The summed E-state index contributed by atoms with van der Waals surface area (Å²) in [6.07, 6.45) is 3.59. The Kier molecular flexibility index (Phi) is 5.76. The number of piperazine rings is 1. The van der Waals surface area contributed by atoms with Gasteiger partial charge in [-0.25, -0.2) is 4.99 Å². The van der Waals surface area contributed by atoms with Crippen molar-refractivity contribution in [1.29, 1.82) is 0 Å². The third-order valence-corrected chi connectivity index (χ3v) is 5.82. The van der Waals surface area contributed by atoms with Gasteiger partial charge in [0.15, 0.2) is 5.96 Å². The summed E-state index contributed by atoms with van der Waals surface area (Å²) < 4.78 is 0. The Hall–Kier alpha value is -2.77. The summed E-state index contributed by atoms with van der Waals surface area (Å²) in [5.74, 6) is 1.05. The Morgan fingerprint density at radius 1 is 0.929 bits per heavy atom. The third-order valence-electron chi connectivity index (χ3n) is 5.82. The van der Waals surface area contributed by atoms with E-state index in [2.05, 4.69) is 45.4 Å². The first-order valence-corrected chi connectivity index (χ1v) is 9.60. The van der Waals surface area contributed by atoms with Crippen molar-refractivity contribution in [2.75, 3.05) is 42.1 Å². The van der Waals surface area contributed by atoms with Crippen LogP contribution in [0.3, 0.4) is 0 Å². The maximum Gasteiger partial charge on any atom is 0.199 e. The van der Waals surface area contributed by atoms with Crippen molar-refractivity contribution in [3.05, 3.63) is 53.6 Å². The summed E-state index contributed by atoms with van der Waals surface area (Å²) in [6, 6.07) is 15.2. The number of nitrogens with two attached hydrogens (primary N) is 1. The number of guanidine groups is 1. The molecule has 3 aliphatic rings. The Morgan fingerprint density at radius 2 is 1.64 bits per heavy atom. The number of anilines is 3. The van der Waals surface area contributed by atoms with Crippen molar-refractivity contribution >= 4 is 23.0 Å². The predicted octanol–water partition coefficient (Wildman–Crippen LogP) is 1.60. The number of nitrogens with one attached hydrogen (secondary N) is 1. The van der Waals surface area contributed by atoms with E-state index in [0.717, 1.165) is 37.8 Å². The van der Waals surface area contributed by atoms with E-state index in [1.54, 1.807) is 0 Å². The number of rotatable bonds is 1. The maximum atomic E-state index is 5.81. The molecule has 0 aromatic heterocycles. The van der Waals surface area contributed by atoms with E-state index in [-0.39, 0.29) is 11.0 Å². The molecule has 2 aliphatic heterocycles. The van der Waals surface area contributed by atoms with Crippen molar-refractivity contribution in [1.82, 2.24) is 4.90 Å². The lowest BCUT2D eigenvalue weighted by Crippen LogP contribution is -2.51. The average molecular weight is 383 g/mol. The highest BCUT2D eigenvalue weighted by atomic mass is 16.0. The van der Waals surface area contributed by atoms with Gasteiger partial charge in [-0.3, -0.25) is 0 Å². The second kappa shape index (κ2) is 8.08. The van der Waals surface area contributed by atoms with E-state index in [9.17, 15) is 0 Å². The minimum Gasteiger partial charge on any atom is -0.412 e. The second-order valence-electron chi connectivity index (χ2n) is 7.43. The van der Waals surface area contributed by atoms with Crippen LogP contribution >= 0.6 is 0 Å². The molecule has 2 heterocycles. The van der Waals surface area contributed by atoms with Gasteiger partial charge >= 0.3 is 0 Å². The normalized spacial score (nSPS) is 20.1. The Bertz CT molecular complexity index is 844. The Balaban J connectivity index is 0.00000112. The standard InChI is InChI=1S/C21H25N5.2H2O/c22-16-7-9-17(10-8-16)25-11-13-26(14-12-25)21-23-18-5-1-3-15-4-2-6-19(24-21)20(15)18;;/h1,3,5,7-10,19H,2,4,6,11-14,22H2,(H,23,24);2*1H2. The molecular formula is C21H29N5O2. The second-order valence-corrected chi connectivity index (χ2v) is 7.43. The lowest BCUT2D eigenvalue weighted by molar-refractivity contribution is 0.379. The molecular weight excluding hydrogens is 354 g/mol. The predicted molar refractivity (Wildman–Crippen MR) is 115 cm³/mol. The molecule has 2 aromatic carbocycles. The molecule has 150 valence electrons. The topological polar surface area (TPSA) is 120 Å². The first kappa shape index (κ1) is 20.0. The van der Waals surface area contributed by atoms with Crippen molar-refractivity contribution in [2.24, 2.45) is 4.99 Å².